The molecule has 0 radical (unpaired) electrons. The number of oxazole rings is 1. The van der Waals surface area contributed by atoms with Crippen LogP contribution in [0.15, 0.2) is 41.1 Å². The van der Waals surface area contributed by atoms with Gasteiger partial charge in [0.25, 0.3) is 5.91 Å². The molecule has 7 heteroatoms. The van der Waals surface area contributed by atoms with Crippen LogP contribution < -0.4 is 4.90 Å². The van der Waals surface area contributed by atoms with Crippen LogP contribution in [0.1, 0.15) is 28.9 Å². The van der Waals surface area contributed by atoms with Crippen LogP contribution in [-0.4, -0.2) is 47.0 Å². The number of piperazine rings is 1. The fourth-order valence-corrected chi connectivity index (χ4v) is 3.42. The lowest BCUT2D eigenvalue weighted by Gasteiger charge is -2.36. The van der Waals surface area contributed by atoms with Crippen molar-refractivity contribution in [3.63, 3.8) is 0 Å². The Morgan fingerprint density at radius 2 is 2.04 bits per heavy atom. The number of nitriles is 1. The Bertz CT molecular complexity index is 1030. The molecule has 0 atom stereocenters. The second-order valence-electron chi connectivity index (χ2n) is 6.41. The molecule has 1 fully saturated rings. The Hall–Kier alpha value is -3.40. The van der Waals surface area contributed by atoms with Crippen molar-refractivity contribution in [2.45, 2.75) is 13.3 Å². The number of anilines is 1. The van der Waals surface area contributed by atoms with Crippen molar-refractivity contribution in [3.05, 3.63) is 53.9 Å². The van der Waals surface area contributed by atoms with Gasteiger partial charge in [-0.1, -0.05) is 25.1 Å². The highest BCUT2D eigenvalue weighted by Gasteiger charge is 2.26. The minimum absolute atomic E-state index is 0.113. The lowest BCUT2D eigenvalue weighted by Crippen LogP contribution is -2.49. The van der Waals surface area contributed by atoms with E-state index in [2.05, 4.69) is 20.9 Å². The number of para-hydroxylation sites is 1. The number of pyridine rings is 1. The summed E-state index contributed by atoms with van der Waals surface area (Å²) in [5.41, 5.74) is 2.66. The van der Waals surface area contributed by atoms with Crippen LogP contribution in [0.2, 0.25) is 0 Å². The van der Waals surface area contributed by atoms with E-state index in [1.807, 2.05) is 31.2 Å². The van der Waals surface area contributed by atoms with Crippen molar-refractivity contribution in [2.24, 2.45) is 0 Å². The van der Waals surface area contributed by atoms with E-state index in [1.165, 1.54) is 6.26 Å². The van der Waals surface area contributed by atoms with E-state index in [4.69, 9.17) is 4.42 Å². The molecule has 1 aliphatic heterocycles. The predicted octanol–water partition coefficient (Wildman–Crippen LogP) is 2.62. The summed E-state index contributed by atoms with van der Waals surface area (Å²) < 4.78 is 5.28. The van der Waals surface area contributed by atoms with Crippen molar-refractivity contribution in [1.29, 1.82) is 5.26 Å². The van der Waals surface area contributed by atoms with Crippen LogP contribution >= 0.6 is 0 Å². The summed E-state index contributed by atoms with van der Waals surface area (Å²) in [7, 11) is 0. The molecule has 0 bridgehead atoms. The maximum absolute atomic E-state index is 12.6. The zero-order chi connectivity index (χ0) is 18.8. The molecular formula is C20H19N5O2. The highest BCUT2D eigenvalue weighted by atomic mass is 16.3. The van der Waals surface area contributed by atoms with Gasteiger partial charge in [-0.05, 0) is 6.07 Å². The Labute approximate surface area is 156 Å². The van der Waals surface area contributed by atoms with E-state index in [1.54, 1.807) is 11.1 Å². The molecule has 1 aliphatic rings. The lowest BCUT2D eigenvalue weighted by molar-refractivity contribution is 0.0741. The number of amides is 1. The summed E-state index contributed by atoms with van der Waals surface area (Å²) in [6.45, 7) is 4.36. The number of benzene rings is 1. The Morgan fingerprint density at radius 3 is 2.74 bits per heavy atom. The molecule has 1 aromatic carbocycles. The summed E-state index contributed by atoms with van der Waals surface area (Å²) in [6, 6.07) is 10.1. The minimum Gasteiger partial charge on any atom is -0.448 e. The first kappa shape index (κ1) is 17.0. The second-order valence-corrected chi connectivity index (χ2v) is 6.41. The van der Waals surface area contributed by atoms with E-state index in [0.717, 1.165) is 16.6 Å². The van der Waals surface area contributed by atoms with Gasteiger partial charge in [0.05, 0.1) is 16.8 Å². The summed E-state index contributed by atoms with van der Waals surface area (Å²) >= 11 is 0. The SMILES string of the molecule is CCc1nc(C(=O)N2CCN(c3c(C#N)cnc4ccccc34)CC2)co1. The van der Waals surface area contributed by atoms with Crippen LogP contribution in [0.25, 0.3) is 10.9 Å². The van der Waals surface area contributed by atoms with Crippen molar-refractivity contribution in [3.8, 4) is 6.07 Å². The summed E-state index contributed by atoms with van der Waals surface area (Å²) in [5.74, 6) is 0.456. The van der Waals surface area contributed by atoms with E-state index in [-0.39, 0.29) is 5.91 Å². The molecule has 0 aliphatic carbocycles. The van der Waals surface area contributed by atoms with Crippen LogP contribution in [0.3, 0.4) is 0 Å². The van der Waals surface area contributed by atoms with Crippen LogP contribution in [-0.2, 0) is 6.42 Å². The van der Waals surface area contributed by atoms with Crippen LogP contribution in [0.5, 0.6) is 0 Å². The van der Waals surface area contributed by atoms with Crippen molar-refractivity contribution in [2.75, 3.05) is 31.1 Å². The molecule has 1 amide bonds. The normalized spacial score (nSPS) is 14.4. The molecule has 3 aromatic rings. The molecule has 136 valence electrons. The van der Waals surface area contributed by atoms with Crippen molar-refractivity contribution >= 4 is 22.5 Å². The first-order chi connectivity index (χ1) is 13.2. The molecule has 2 aromatic heterocycles. The van der Waals surface area contributed by atoms with E-state index >= 15 is 0 Å². The Morgan fingerprint density at radius 1 is 1.26 bits per heavy atom. The predicted molar refractivity (Wildman–Crippen MR) is 100 cm³/mol. The standard InChI is InChI=1S/C20H19N5O2/c1-2-18-23-17(13-27-18)20(26)25-9-7-24(8-10-25)19-14(11-21)12-22-16-6-4-3-5-15(16)19/h3-6,12-13H,2,7-10H2,1H3. The molecule has 7 nitrogen and oxygen atoms in total. The maximum Gasteiger partial charge on any atom is 0.275 e. The zero-order valence-corrected chi connectivity index (χ0v) is 15.1. The Balaban J connectivity index is 1.55. The number of aromatic nitrogens is 2. The smallest absolute Gasteiger partial charge is 0.275 e. The van der Waals surface area contributed by atoms with Crippen molar-refractivity contribution in [1.82, 2.24) is 14.9 Å². The molecule has 1 saturated heterocycles. The number of carbonyl (C=O) groups excluding carboxylic acids is 1. The topological polar surface area (TPSA) is 86.3 Å². The maximum atomic E-state index is 12.6. The number of aryl methyl sites for hydroxylation is 1. The van der Waals surface area contributed by atoms with Crippen molar-refractivity contribution < 1.29 is 9.21 Å². The van der Waals surface area contributed by atoms with Gasteiger partial charge in [0.1, 0.15) is 12.3 Å². The zero-order valence-electron chi connectivity index (χ0n) is 15.1. The summed E-state index contributed by atoms with van der Waals surface area (Å²) in [4.78, 5) is 25.2. The molecule has 0 unspecified atom stereocenters. The molecule has 4 rings (SSSR count). The van der Waals surface area contributed by atoms with Crippen LogP contribution in [0.4, 0.5) is 5.69 Å². The largest absolute Gasteiger partial charge is 0.448 e. The number of carbonyl (C=O) groups is 1. The quantitative estimate of drug-likeness (QED) is 0.713. The average molecular weight is 361 g/mol. The minimum atomic E-state index is -0.113. The average Bonchev–Trinajstić information content (AvgIpc) is 3.22. The number of fused-ring (bicyclic) bond motifs is 1. The molecule has 0 N–H and O–H groups in total. The summed E-state index contributed by atoms with van der Waals surface area (Å²) in [6.07, 6.45) is 3.71. The van der Waals surface area contributed by atoms with E-state index < -0.39 is 0 Å². The van der Waals surface area contributed by atoms with Gasteiger partial charge in [0.2, 0.25) is 0 Å². The third kappa shape index (κ3) is 3.10. The fraction of sp³-hybridized carbons (Fsp3) is 0.300. The van der Waals surface area contributed by atoms with E-state index in [0.29, 0.717) is 49.7 Å². The van der Waals surface area contributed by atoms with Gasteiger partial charge in [0, 0.05) is 44.2 Å². The number of rotatable bonds is 3. The first-order valence-electron chi connectivity index (χ1n) is 8.97. The molecule has 0 spiro atoms. The third-order valence-electron chi connectivity index (χ3n) is 4.82. The molecule has 27 heavy (non-hydrogen) atoms. The fourth-order valence-electron chi connectivity index (χ4n) is 3.42. The number of hydrogen-bond acceptors (Lipinski definition) is 6. The molecule has 0 saturated carbocycles. The number of hydrogen-bond donors (Lipinski definition) is 0. The monoisotopic (exact) mass is 361 g/mol. The second kappa shape index (κ2) is 7.08. The van der Waals surface area contributed by atoms with Gasteiger partial charge in [-0.3, -0.25) is 9.78 Å². The van der Waals surface area contributed by atoms with Gasteiger partial charge in [-0.15, -0.1) is 0 Å². The van der Waals surface area contributed by atoms with Gasteiger partial charge >= 0.3 is 0 Å². The Kier molecular flexibility index (Phi) is 4.47. The highest BCUT2D eigenvalue weighted by molar-refractivity contribution is 5.95. The van der Waals surface area contributed by atoms with Gasteiger partial charge in [-0.25, -0.2) is 4.98 Å². The van der Waals surface area contributed by atoms with Gasteiger partial charge in [0.15, 0.2) is 11.6 Å². The number of nitrogens with zero attached hydrogens (tertiary/aromatic N) is 5. The highest BCUT2D eigenvalue weighted by Crippen LogP contribution is 2.30. The molecule has 3 heterocycles. The third-order valence-corrected chi connectivity index (χ3v) is 4.82. The van der Waals surface area contributed by atoms with Gasteiger partial charge < -0.3 is 14.2 Å². The molecular weight excluding hydrogens is 342 g/mol. The van der Waals surface area contributed by atoms with E-state index in [9.17, 15) is 10.1 Å². The van der Waals surface area contributed by atoms with Crippen LogP contribution in [0, 0.1) is 11.3 Å². The lowest BCUT2D eigenvalue weighted by atomic mass is 10.1. The summed E-state index contributed by atoms with van der Waals surface area (Å²) in [5, 5.41) is 10.5. The first-order valence-corrected chi connectivity index (χ1v) is 8.97. The van der Waals surface area contributed by atoms with Gasteiger partial charge in [-0.2, -0.15) is 5.26 Å².